The fourth-order valence-electron chi connectivity index (χ4n) is 2.36. The van der Waals surface area contributed by atoms with E-state index in [2.05, 4.69) is 37.2 Å². The van der Waals surface area contributed by atoms with Crippen LogP contribution in [-0.4, -0.2) is 37.6 Å². The molecule has 20 heavy (non-hydrogen) atoms. The minimum absolute atomic E-state index is 0.176. The van der Waals surface area contributed by atoms with Gasteiger partial charge >= 0.3 is 0 Å². The Kier molecular flexibility index (Phi) is 5.86. The SMILES string of the molecule is COc1c(Br)cc(Br)cc1CNCC(=O)N1CCCC1. The van der Waals surface area contributed by atoms with Crippen LogP contribution in [0.2, 0.25) is 0 Å². The molecule has 1 saturated heterocycles. The van der Waals surface area contributed by atoms with E-state index in [0.717, 1.165) is 46.2 Å². The van der Waals surface area contributed by atoms with Crippen LogP contribution in [0.1, 0.15) is 18.4 Å². The molecule has 0 saturated carbocycles. The summed E-state index contributed by atoms with van der Waals surface area (Å²) in [4.78, 5) is 13.9. The van der Waals surface area contributed by atoms with Crippen molar-refractivity contribution in [2.24, 2.45) is 0 Å². The number of benzene rings is 1. The van der Waals surface area contributed by atoms with E-state index >= 15 is 0 Å². The molecule has 1 aliphatic heterocycles. The van der Waals surface area contributed by atoms with Gasteiger partial charge in [0.1, 0.15) is 5.75 Å². The third kappa shape index (κ3) is 3.96. The number of rotatable bonds is 5. The zero-order chi connectivity index (χ0) is 14.5. The summed E-state index contributed by atoms with van der Waals surface area (Å²) in [6, 6.07) is 3.94. The van der Waals surface area contributed by atoms with Crippen molar-refractivity contribution in [3.63, 3.8) is 0 Å². The molecule has 1 aromatic carbocycles. The van der Waals surface area contributed by atoms with E-state index in [1.165, 1.54) is 0 Å². The van der Waals surface area contributed by atoms with E-state index in [0.29, 0.717) is 13.1 Å². The minimum atomic E-state index is 0.176. The average Bonchev–Trinajstić information content (AvgIpc) is 2.92. The molecule has 1 N–H and O–H groups in total. The van der Waals surface area contributed by atoms with Crippen molar-refractivity contribution >= 4 is 37.8 Å². The molecule has 0 radical (unpaired) electrons. The van der Waals surface area contributed by atoms with Crippen LogP contribution in [0.15, 0.2) is 21.1 Å². The van der Waals surface area contributed by atoms with Crippen LogP contribution in [0.5, 0.6) is 5.75 Å². The molecule has 2 rings (SSSR count). The third-order valence-electron chi connectivity index (χ3n) is 3.34. The van der Waals surface area contributed by atoms with Gasteiger partial charge in [-0.25, -0.2) is 0 Å². The summed E-state index contributed by atoms with van der Waals surface area (Å²) in [5, 5.41) is 3.19. The Morgan fingerprint density at radius 1 is 1.35 bits per heavy atom. The number of likely N-dealkylation sites (tertiary alicyclic amines) is 1. The fraction of sp³-hybridized carbons (Fsp3) is 0.500. The smallest absolute Gasteiger partial charge is 0.236 e. The number of ether oxygens (including phenoxy) is 1. The molecule has 1 aromatic rings. The number of methoxy groups -OCH3 is 1. The lowest BCUT2D eigenvalue weighted by Gasteiger charge is -2.16. The first kappa shape index (κ1) is 15.8. The van der Waals surface area contributed by atoms with Crippen molar-refractivity contribution in [1.82, 2.24) is 10.2 Å². The number of nitrogens with zero attached hydrogens (tertiary/aromatic N) is 1. The molecule has 0 aromatic heterocycles. The van der Waals surface area contributed by atoms with E-state index < -0.39 is 0 Å². The zero-order valence-corrected chi connectivity index (χ0v) is 14.6. The maximum absolute atomic E-state index is 11.9. The van der Waals surface area contributed by atoms with Gasteiger partial charge in [0, 0.05) is 29.7 Å². The van der Waals surface area contributed by atoms with Gasteiger partial charge in [-0.2, -0.15) is 0 Å². The summed E-state index contributed by atoms with van der Waals surface area (Å²) in [5.74, 6) is 0.977. The number of halogens is 2. The molecule has 0 atom stereocenters. The number of hydrogen-bond donors (Lipinski definition) is 1. The summed E-state index contributed by atoms with van der Waals surface area (Å²) in [5.41, 5.74) is 1.02. The highest BCUT2D eigenvalue weighted by atomic mass is 79.9. The van der Waals surface area contributed by atoms with Crippen LogP contribution in [0.25, 0.3) is 0 Å². The molecule has 1 heterocycles. The first-order valence-corrected chi connectivity index (χ1v) is 8.21. The van der Waals surface area contributed by atoms with Crippen molar-refractivity contribution in [3.8, 4) is 5.75 Å². The van der Waals surface area contributed by atoms with Crippen LogP contribution >= 0.6 is 31.9 Å². The fourth-order valence-corrected chi connectivity index (χ4v) is 3.83. The van der Waals surface area contributed by atoms with E-state index in [4.69, 9.17) is 4.74 Å². The number of hydrogen-bond acceptors (Lipinski definition) is 3. The molecule has 6 heteroatoms. The van der Waals surface area contributed by atoms with Gasteiger partial charge in [0.2, 0.25) is 5.91 Å². The van der Waals surface area contributed by atoms with E-state index in [-0.39, 0.29) is 5.91 Å². The van der Waals surface area contributed by atoms with Crippen molar-refractivity contribution in [1.29, 1.82) is 0 Å². The zero-order valence-electron chi connectivity index (χ0n) is 11.4. The van der Waals surface area contributed by atoms with Gasteiger partial charge in [-0.15, -0.1) is 0 Å². The van der Waals surface area contributed by atoms with Gasteiger partial charge in [0.05, 0.1) is 18.1 Å². The quantitative estimate of drug-likeness (QED) is 0.818. The molecule has 1 fully saturated rings. The van der Waals surface area contributed by atoms with Crippen LogP contribution in [-0.2, 0) is 11.3 Å². The predicted octanol–water partition coefficient (Wildman–Crippen LogP) is 2.93. The Morgan fingerprint density at radius 3 is 2.70 bits per heavy atom. The molecule has 0 unspecified atom stereocenters. The van der Waals surface area contributed by atoms with Gasteiger partial charge in [-0.1, -0.05) is 15.9 Å². The molecule has 4 nitrogen and oxygen atoms in total. The summed E-state index contributed by atoms with van der Waals surface area (Å²) < 4.78 is 7.26. The van der Waals surface area contributed by atoms with Crippen LogP contribution < -0.4 is 10.1 Å². The normalized spacial score (nSPS) is 14.7. The molecular formula is C14H18Br2N2O2. The largest absolute Gasteiger partial charge is 0.495 e. The Bertz CT molecular complexity index is 488. The summed E-state index contributed by atoms with van der Waals surface area (Å²) in [7, 11) is 1.65. The monoisotopic (exact) mass is 404 g/mol. The highest BCUT2D eigenvalue weighted by molar-refractivity contribution is 9.11. The Labute approximate surface area is 136 Å². The van der Waals surface area contributed by atoms with Gasteiger partial charge in [0.25, 0.3) is 0 Å². The Morgan fingerprint density at radius 2 is 2.05 bits per heavy atom. The number of carbonyl (C=O) groups is 1. The Hall–Kier alpha value is -0.590. The molecule has 0 spiro atoms. The standard InChI is InChI=1S/C14H18Br2N2O2/c1-20-14-10(6-11(15)7-12(14)16)8-17-9-13(19)18-4-2-3-5-18/h6-7,17H,2-5,8-9H2,1H3. The van der Waals surface area contributed by atoms with Crippen LogP contribution in [0, 0.1) is 0 Å². The van der Waals surface area contributed by atoms with Gasteiger partial charge in [-0.3, -0.25) is 4.79 Å². The van der Waals surface area contributed by atoms with Crippen molar-refractivity contribution in [2.45, 2.75) is 19.4 Å². The molecule has 0 bridgehead atoms. The second-order valence-corrected chi connectivity index (χ2v) is 6.54. The summed E-state index contributed by atoms with van der Waals surface area (Å²) in [6.07, 6.45) is 2.25. The maximum atomic E-state index is 11.9. The van der Waals surface area contributed by atoms with Gasteiger partial charge in [0.15, 0.2) is 0 Å². The summed E-state index contributed by atoms with van der Waals surface area (Å²) in [6.45, 7) is 2.76. The number of nitrogens with one attached hydrogen (secondary N) is 1. The third-order valence-corrected chi connectivity index (χ3v) is 4.39. The molecule has 1 amide bonds. The molecular weight excluding hydrogens is 388 g/mol. The Balaban J connectivity index is 1.92. The van der Waals surface area contributed by atoms with Crippen molar-refractivity contribution < 1.29 is 9.53 Å². The number of amides is 1. The second-order valence-electron chi connectivity index (χ2n) is 4.77. The van der Waals surface area contributed by atoms with E-state index in [1.54, 1.807) is 7.11 Å². The number of carbonyl (C=O) groups excluding carboxylic acids is 1. The van der Waals surface area contributed by atoms with Crippen molar-refractivity contribution in [2.75, 3.05) is 26.7 Å². The first-order chi connectivity index (χ1) is 9.61. The highest BCUT2D eigenvalue weighted by Gasteiger charge is 2.17. The van der Waals surface area contributed by atoms with Crippen LogP contribution in [0.3, 0.4) is 0 Å². The van der Waals surface area contributed by atoms with Crippen molar-refractivity contribution in [3.05, 3.63) is 26.6 Å². The lowest BCUT2D eigenvalue weighted by molar-refractivity contribution is -0.129. The minimum Gasteiger partial charge on any atom is -0.495 e. The van der Waals surface area contributed by atoms with Gasteiger partial charge < -0.3 is 15.0 Å². The molecule has 110 valence electrons. The lowest BCUT2D eigenvalue weighted by Crippen LogP contribution is -2.36. The summed E-state index contributed by atoms with van der Waals surface area (Å²) >= 11 is 6.94. The van der Waals surface area contributed by atoms with Crippen LogP contribution in [0.4, 0.5) is 0 Å². The second kappa shape index (κ2) is 7.43. The van der Waals surface area contributed by atoms with E-state index in [1.807, 2.05) is 17.0 Å². The topological polar surface area (TPSA) is 41.6 Å². The lowest BCUT2D eigenvalue weighted by atomic mass is 10.2. The predicted molar refractivity (Wildman–Crippen MR) is 85.9 cm³/mol. The first-order valence-electron chi connectivity index (χ1n) is 6.62. The molecule has 1 aliphatic rings. The van der Waals surface area contributed by atoms with E-state index in [9.17, 15) is 4.79 Å². The molecule has 0 aliphatic carbocycles. The average molecular weight is 406 g/mol. The van der Waals surface area contributed by atoms with Gasteiger partial charge in [-0.05, 0) is 40.9 Å². The maximum Gasteiger partial charge on any atom is 0.236 e. The highest BCUT2D eigenvalue weighted by Crippen LogP contribution is 2.32.